The zero-order valence-electron chi connectivity index (χ0n) is 12.8. The fourth-order valence-electron chi connectivity index (χ4n) is 2.35. The Morgan fingerprint density at radius 3 is 2.81 bits per heavy atom. The minimum absolute atomic E-state index is 0.152. The molecule has 5 heteroatoms. The number of likely N-dealkylation sites (N-methyl/N-ethyl adjacent to an activating group) is 1. The molecule has 4 nitrogen and oxygen atoms in total. The lowest BCUT2D eigenvalue weighted by atomic mass is 10.1. The number of halogens is 1. The van der Waals surface area contributed by atoms with Crippen molar-refractivity contribution in [3.8, 4) is 5.75 Å². The monoisotopic (exact) mass is 356 g/mol. The molecule has 0 aliphatic heterocycles. The maximum Gasteiger partial charge on any atom is 0.119 e. The molecule has 1 unspecified atom stereocenters. The number of methoxy groups -OCH3 is 1. The molecule has 0 radical (unpaired) electrons. The van der Waals surface area contributed by atoms with E-state index >= 15 is 0 Å². The van der Waals surface area contributed by atoms with Crippen molar-refractivity contribution in [2.75, 3.05) is 40.5 Å². The first-order chi connectivity index (χ1) is 10.2. The van der Waals surface area contributed by atoms with Gasteiger partial charge in [0.2, 0.25) is 0 Å². The maximum atomic E-state index is 5.98. The van der Waals surface area contributed by atoms with Crippen LogP contribution in [0.1, 0.15) is 24.4 Å². The first-order valence-electron chi connectivity index (χ1n) is 7.47. The highest BCUT2D eigenvalue weighted by molar-refractivity contribution is 9.10. The molecule has 118 valence electrons. The van der Waals surface area contributed by atoms with Crippen LogP contribution in [-0.4, -0.2) is 45.4 Å². The van der Waals surface area contributed by atoms with E-state index in [2.05, 4.69) is 27.9 Å². The van der Waals surface area contributed by atoms with Crippen molar-refractivity contribution < 1.29 is 9.47 Å². The van der Waals surface area contributed by atoms with E-state index in [9.17, 15) is 0 Å². The third-order valence-electron chi connectivity index (χ3n) is 3.96. The first-order valence-corrected chi connectivity index (χ1v) is 8.26. The zero-order valence-corrected chi connectivity index (χ0v) is 14.4. The molecule has 1 atom stereocenters. The van der Waals surface area contributed by atoms with Crippen molar-refractivity contribution in [3.05, 3.63) is 28.2 Å². The van der Waals surface area contributed by atoms with Crippen molar-refractivity contribution >= 4 is 15.9 Å². The summed E-state index contributed by atoms with van der Waals surface area (Å²) in [6, 6.07) is 6.15. The van der Waals surface area contributed by atoms with Gasteiger partial charge in [0.05, 0.1) is 13.7 Å². The van der Waals surface area contributed by atoms with Gasteiger partial charge >= 0.3 is 0 Å². The molecule has 1 aromatic rings. The number of hydrogen-bond donors (Lipinski definition) is 1. The van der Waals surface area contributed by atoms with Crippen LogP contribution in [0.2, 0.25) is 0 Å². The molecule has 1 saturated carbocycles. The SMILES string of the molecule is COc1ccc(Br)c(C(CN)N(C)CCOCC2CC2)c1. The van der Waals surface area contributed by atoms with Gasteiger partial charge in [0.15, 0.2) is 0 Å². The fraction of sp³-hybridized carbons (Fsp3) is 0.625. The van der Waals surface area contributed by atoms with Crippen molar-refractivity contribution in [2.24, 2.45) is 11.7 Å². The van der Waals surface area contributed by atoms with Crippen LogP contribution in [-0.2, 0) is 4.74 Å². The summed E-state index contributed by atoms with van der Waals surface area (Å²) in [6.07, 6.45) is 2.66. The van der Waals surface area contributed by atoms with Crippen molar-refractivity contribution in [3.63, 3.8) is 0 Å². The Kier molecular flexibility index (Phi) is 6.48. The van der Waals surface area contributed by atoms with Gasteiger partial charge < -0.3 is 15.2 Å². The van der Waals surface area contributed by atoms with Crippen LogP contribution in [0.15, 0.2) is 22.7 Å². The van der Waals surface area contributed by atoms with E-state index in [1.807, 2.05) is 18.2 Å². The Balaban J connectivity index is 1.93. The molecule has 0 saturated heterocycles. The summed E-state index contributed by atoms with van der Waals surface area (Å²) in [6.45, 7) is 3.10. The Morgan fingerprint density at radius 1 is 1.43 bits per heavy atom. The smallest absolute Gasteiger partial charge is 0.119 e. The third kappa shape index (κ3) is 4.95. The number of nitrogens with two attached hydrogens (primary N) is 1. The molecule has 1 aromatic carbocycles. The molecule has 2 N–H and O–H groups in total. The summed E-state index contributed by atoms with van der Waals surface area (Å²) in [4.78, 5) is 2.24. The van der Waals surface area contributed by atoms with Gasteiger partial charge in [-0.2, -0.15) is 0 Å². The molecule has 0 aromatic heterocycles. The second-order valence-electron chi connectivity index (χ2n) is 5.64. The number of nitrogens with zero attached hydrogens (tertiary/aromatic N) is 1. The largest absolute Gasteiger partial charge is 0.497 e. The Hall–Kier alpha value is -0.620. The van der Waals surface area contributed by atoms with Crippen LogP contribution in [0, 0.1) is 5.92 Å². The molecule has 0 heterocycles. The summed E-state index contributed by atoms with van der Waals surface area (Å²) >= 11 is 3.61. The second kappa shape index (κ2) is 8.13. The van der Waals surface area contributed by atoms with Gasteiger partial charge in [-0.3, -0.25) is 4.90 Å². The van der Waals surface area contributed by atoms with Gasteiger partial charge in [-0.1, -0.05) is 15.9 Å². The van der Waals surface area contributed by atoms with E-state index < -0.39 is 0 Å². The number of rotatable bonds is 9. The van der Waals surface area contributed by atoms with E-state index in [0.29, 0.717) is 6.54 Å². The van der Waals surface area contributed by atoms with Gasteiger partial charge in [0.1, 0.15) is 5.75 Å². The van der Waals surface area contributed by atoms with Gasteiger partial charge in [-0.25, -0.2) is 0 Å². The molecular weight excluding hydrogens is 332 g/mol. The minimum atomic E-state index is 0.152. The molecule has 0 spiro atoms. The third-order valence-corrected chi connectivity index (χ3v) is 4.68. The van der Waals surface area contributed by atoms with Crippen LogP contribution in [0.25, 0.3) is 0 Å². The Morgan fingerprint density at radius 2 is 2.19 bits per heavy atom. The Labute approximate surface area is 135 Å². The van der Waals surface area contributed by atoms with E-state index in [0.717, 1.165) is 41.5 Å². The van der Waals surface area contributed by atoms with Crippen molar-refractivity contribution in [1.29, 1.82) is 0 Å². The summed E-state index contributed by atoms with van der Waals surface area (Å²) in [5.41, 5.74) is 7.14. The van der Waals surface area contributed by atoms with Gasteiger partial charge in [0.25, 0.3) is 0 Å². The highest BCUT2D eigenvalue weighted by Crippen LogP contribution is 2.30. The molecule has 1 aliphatic carbocycles. The average Bonchev–Trinajstić information content (AvgIpc) is 3.30. The topological polar surface area (TPSA) is 47.7 Å². The molecule has 0 amide bonds. The molecule has 21 heavy (non-hydrogen) atoms. The van der Waals surface area contributed by atoms with Gasteiger partial charge in [-0.05, 0) is 49.6 Å². The van der Waals surface area contributed by atoms with E-state index in [1.165, 1.54) is 12.8 Å². The van der Waals surface area contributed by atoms with E-state index in [-0.39, 0.29) is 6.04 Å². The molecule has 1 fully saturated rings. The highest BCUT2D eigenvalue weighted by Gasteiger charge is 2.22. The van der Waals surface area contributed by atoms with Crippen molar-refractivity contribution in [2.45, 2.75) is 18.9 Å². The minimum Gasteiger partial charge on any atom is -0.497 e. The number of hydrogen-bond acceptors (Lipinski definition) is 4. The quantitative estimate of drug-likeness (QED) is 0.691. The second-order valence-corrected chi connectivity index (χ2v) is 6.49. The van der Waals surface area contributed by atoms with Crippen molar-refractivity contribution in [1.82, 2.24) is 4.90 Å². The van der Waals surface area contributed by atoms with E-state index in [1.54, 1.807) is 7.11 Å². The maximum absolute atomic E-state index is 5.98. The van der Waals surface area contributed by atoms with Crippen LogP contribution in [0.3, 0.4) is 0 Å². The summed E-state index contributed by atoms with van der Waals surface area (Å²) in [5, 5.41) is 0. The number of ether oxygens (including phenoxy) is 2. The Bertz CT molecular complexity index is 452. The summed E-state index contributed by atoms with van der Waals surface area (Å²) in [7, 11) is 3.77. The lowest BCUT2D eigenvalue weighted by Gasteiger charge is -2.28. The highest BCUT2D eigenvalue weighted by atomic mass is 79.9. The standard InChI is InChI=1S/C16H25BrN2O2/c1-19(7-8-21-11-12-3-4-12)16(10-18)14-9-13(20-2)5-6-15(14)17/h5-6,9,12,16H,3-4,7-8,10-11,18H2,1-2H3. The zero-order chi connectivity index (χ0) is 15.2. The van der Waals surface area contributed by atoms with Gasteiger partial charge in [0, 0.05) is 30.2 Å². The lowest BCUT2D eigenvalue weighted by Crippen LogP contribution is -2.33. The van der Waals surface area contributed by atoms with Crippen LogP contribution in [0.4, 0.5) is 0 Å². The summed E-state index contributed by atoms with van der Waals surface area (Å²) < 4.78 is 12.1. The van der Waals surface area contributed by atoms with Crippen LogP contribution < -0.4 is 10.5 Å². The van der Waals surface area contributed by atoms with Gasteiger partial charge in [-0.15, -0.1) is 0 Å². The predicted octanol–water partition coefficient (Wildman–Crippen LogP) is 2.82. The molecule has 2 rings (SSSR count). The summed E-state index contributed by atoms with van der Waals surface area (Å²) in [5.74, 6) is 1.66. The predicted molar refractivity (Wildman–Crippen MR) is 88.7 cm³/mol. The fourth-order valence-corrected chi connectivity index (χ4v) is 2.86. The normalized spacial score (nSPS) is 16.2. The first kappa shape index (κ1) is 16.7. The van der Waals surface area contributed by atoms with E-state index in [4.69, 9.17) is 15.2 Å². The molecule has 0 bridgehead atoms. The van der Waals surface area contributed by atoms with Crippen LogP contribution >= 0.6 is 15.9 Å². The average molecular weight is 357 g/mol. The lowest BCUT2D eigenvalue weighted by molar-refractivity contribution is 0.0921. The molecular formula is C16H25BrN2O2. The number of benzene rings is 1. The molecule has 1 aliphatic rings. The van der Waals surface area contributed by atoms with Crippen LogP contribution in [0.5, 0.6) is 5.75 Å².